The average molecular weight is 331 g/mol. The van der Waals surface area contributed by atoms with Crippen molar-refractivity contribution in [1.82, 2.24) is 5.32 Å². The van der Waals surface area contributed by atoms with Gasteiger partial charge < -0.3 is 15.2 Å². The van der Waals surface area contributed by atoms with Crippen molar-refractivity contribution < 1.29 is 14.6 Å². The standard InChI is InChI=1S/C20H29NO3/c1-13(2)14-3-5-15(6-4-14)17-11-18(17)20(23)21-12-19(22)16-7-9-24-10-8-16/h3-6,13,16-19,22H,7-12H2,1-2H3,(H,21,23)/t17-,18+,19+/m0/s1. The van der Waals surface area contributed by atoms with Gasteiger partial charge in [-0.05, 0) is 48.1 Å². The summed E-state index contributed by atoms with van der Waals surface area (Å²) in [6.07, 6.45) is 2.22. The summed E-state index contributed by atoms with van der Waals surface area (Å²) in [5.74, 6) is 1.27. The van der Waals surface area contributed by atoms with Crippen LogP contribution in [0.4, 0.5) is 0 Å². The molecule has 1 heterocycles. The van der Waals surface area contributed by atoms with E-state index in [1.165, 1.54) is 11.1 Å². The van der Waals surface area contributed by atoms with Crippen molar-refractivity contribution in [3.63, 3.8) is 0 Å². The number of carbonyl (C=O) groups excluding carboxylic acids is 1. The van der Waals surface area contributed by atoms with Crippen molar-refractivity contribution in [3.05, 3.63) is 35.4 Å². The Balaban J connectivity index is 1.45. The molecular weight excluding hydrogens is 302 g/mol. The summed E-state index contributed by atoms with van der Waals surface area (Å²) in [4.78, 5) is 12.3. The second-order valence-corrected chi connectivity index (χ2v) is 7.53. The van der Waals surface area contributed by atoms with Crippen LogP contribution in [0.25, 0.3) is 0 Å². The summed E-state index contributed by atoms with van der Waals surface area (Å²) in [5, 5.41) is 13.2. The second-order valence-electron chi connectivity index (χ2n) is 7.53. The Morgan fingerprint density at radius 2 is 1.92 bits per heavy atom. The molecule has 2 N–H and O–H groups in total. The SMILES string of the molecule is CC(C)c1ccc([C@@H]2C[C@H]2C(=O)NC[C@@H](O)C2CCOCC2)cc1. The Kier molecular flexibility index (Phi) is 5.57. The van der Waals surface area contributed by atoms with E-state index >= 15 is 0 Å². The molecular formula is C20H29NO3. The molecule has 1 aliphatic carbocycles. The lowest BCUT2D eigenvalue weighted by Crippen LogP contribution is -2.39. The van der Waals surface area contributed by atoms with E-state index in [2.05, 4.69) is 43.4 Å². The minimum Gasteiger partial charge on any atom is -0.391 e. The van der Waals surface area contributed by atoms with E-state index in [1.54, 1.807) is 0 Å². The van der Waals surface area contributed by atoms with Crippen LogP contribution in [0.3, 0.4) is 0 Å². The highest BCUT2D eigenvalue weighted by molar-refractivity contribution is 5.82. The Bertz CT molecular complexity index is 549. The molecule has 0 unspecified atom stereocenters. The predicted octanol–water partition coefficient (Wildman–Crippen LogP) is 2.82. The molecule has 1 saturated carbocycles. The van der Waals surface area contributed by atoms with E-state index in [9.17, 15) is 9.90 Å². The summed E-state index contributed by atoms with van der Waals surface area (Å²) in [6, 6.07) is 8.65. The van der Waals surface area contributed by atoms with Crippen molar-refractivity contribution >= 4 is 5.91 Å². The van der Waals surface area contributed by atoms with Crippen LogP contribution in [0.15, 0.2) is 24.3 Å². The fourth-order valence-electron chi connectivity index (χ4n) is 3.58. The molecule has 0 spiro atoms. The van der Waals surface area contributed by atoms with Gasteiger partial charge in [-0.25, -0.2) is 0 Å². The maximum atomic E-state index is 12.3. The fraction of sp³-hybridized carbons (Fsp3) is 0.650. The van der Waals surface area contributed by atoms with Gasteiger partial charge in [-0.3, -0.25) is 4.79 Å². The molecule has 132 valence electrons. The quantitative estimate of drug-likeness (QED) is 0.843. The van der Waals surface area contributed by atoms with Gasteiger partial charge in [0.15, 0.2) is 0 Å². The number of amides is 1. The van der Waals surface area contributed by atoms with Crippen LogP contribution in [0.5, 0.6) is 0 Å². The number of rotatable bonds is 6. The van der Waals surface area contributed by atoms with Crippen LogP contribution in [0.2, 0.25) is 0 Å². The Morgan fingerprint density at radius 1 is 1.25 bits per heavy atom. The summed E-state index contributed by atoms with van der Waals surface area (Å²) in [5.41, 5.74) is 2.59. The smallest absolute Gasteiger partial charge is 0.223 e. The lowest BCUT2D eigenvalue weighted by atomic mass is 9.94. The minimum absolute atomic E-state index is 0.0665. The van der Waals surface area contributed by atoms with Crippen LogP contribution >= 0.6 is 0 Å². The van der Waals surface area contributed by atoms with Crippen LogP contribution < -0.4 is 5.32 Å². The highest BCUT2D eigenvalue weighted by atomic mass is 16.5. The third kappa shape index (κ3) is 4.17. The number of carbonyl (C=O) groups is 1. The fourth-order valence-corrected chi connectivity index (χ4v) is 3.58. The van der Waals surface area contributed by atoms with Gasteiger partial charge in [0.05, 0.1) is 6.10 Å². The third-order valence-corrected chi connectivity index (χ3v) is 5.45. The van der Waals surface area contributed by atoms with Gasteiger partial charge in [-0.2, -0.15) is 0 Å². The molecule has 4 heteroatoms. The van der Waals surface area contributed by atoms with Crippen molar-refractivity contribution in [2.75, 3.05) is 19.8 Å². The van der Waals surface area contributed by atoms with Gasteiger partial charge in [0.2, 0.25) is 5.91 Å². The lowest BCUT2D eigenvalue weighted by Gasteiger charge is -2.26. The maximum Gasteiger partial charge on any atom is 0.223 e. The normalized spacial score (nSPS) is 25.5. The highest BCUT2D eigenvalue weighted by Gasteiger charge is 2.43. The summed E-state index contributed by atoms with van der Waals surface area (Å²) < 4.78 is 5.31. The Labute approximate surface area is 144 Å². The van der Waals surface area contributed by atoms with E-state index in [-0.39, 0.29) is 17.7 Å². The van der Waals surface area contributed by atoms with Gasteiger partial charge >= 0.3 is 0 Å². The minimum atomic E-state index is -0.458. The van der Waals surface area contributed by atoms with Crippen LogP contribution in [-0.2, 0) is 9.53 Å². The largest absolute Gasteiger partial charge is 0.391 e. The summed E-state index contributed by atoms with van der Waals surface area (Å²) in [7, 11) is 0. The number of aliphatic hydroxyl groups excluding tert-OH is 1. The lowest BCUT2D eigenvalue weighted by molar-refractivity contribution is -0.123. The Hall–Kier alpha value is -1.39. The average Bonchev–Trinajstić information content (AvgIpc) is 3.41. The molecule has 1 amide bonds. The third-order valence-electron chi connectivity index (χ3n) is 5.45. The molecule has 2 aliphatic rings. The first-order valence-electron chi connectivity index (χ1n) is 9.19. The monoisotopic (exact) mass is 331 g/mol. The summed E-state index contributed by atoms with van der Waals surface area (Å²) in [6.45, 7) is 6.16. The molecule has 1 aromatic carbocycles. The number of hydrogen-bond acceptors (Lipinski definition) is 3. The van der Waals surface area contributed by atoms with Crippen LogP contribution in [0.1, 0.15) is 56.1 Å². The molecule has 0 radical (unpaired) electrons. The van der Waals surface area contributed by atoms with E-state index < -0.39 is 6.10 Å². The first-order chi connectivity index (χ1) is 11.6. The van der Waals surface area contributed by atoms with Gasteiger partial charge in [-0.1, -0.05) is 38.1 Å². The van der Waals surface area contributed by atoms with E-state index in [0.29, 0.717) is 31.6 Å². The maximum absolute atomic E-state index is 12.3. The molecule has 1 aliphatic heterocycles. The second kappa shape index (κ2) is 7.66. The first kappa shape index (κ1) is 17.4. The predicted molar refractivity (Wildman–Crippen MR) is 93.9 cm³/mol. The zero-order valence-corrected chi connectivity index (χ0v) is 14.7. The number of aliphatic hydroxyl groups is 1. The van der Waals surface area contributed by atoms with Gasteiger partial charge in [0.25, 0.3) is 0 Å². The molecule has 2 fully saturated rings. The van der Waals surface area contributed by atoms with Gasteiger partial charge in [0, 0.05) is 25.7 Å². The van der Waals surface area contributed by atoms with E-state index in [0.717, 1.165) is 19.3 Å². The molecule has 3 atom stereocenters. The zero-order chi connectivity index (χ0) is 17.1. The highest BCUT2D eigenvalue weighted by Crippen LogP contribution is 2.47. The molecule has 1 saturated heterocycles. The molecule has 4 nitrogen and oxygen atoms in total. The van der Waals surface area contributed by atoms with E-state index in [4.69, 9.17) is 4.74 Å². The molecule has 0 aromatic heterocycles. The number of nitrogens with one attached hydrogen (secondary N) is 1. The molecule has 3 rings (SSSR count). The zero-order valence-electron chi connectivity index (χ0n) is 14.7. The van der Waals surface area contributed by atoms with Gasteiger partial charge in [-0.15, -0.1) is 0 Å². The van der Waals surface area contributed by atoms with Crippen molar-refractivity contribution in [1.29, 1.82) is 0 Å². The molecule has 0 bridgehead atoms. The van der Waals surface area contributed by atoms with E-state index in [1.807, 2.05) is 0 Å². The number of hydrogen-bond donors (Lipinski definition) is 2. The van der Waals surface area contributed by atoms with Crippen LogP contribution in [-0.4, -0.2) is 36.9 Å². The van der Waals surface area contributed by atoms with Crippen molar-refractivity contribution in [2.45, 2.75) is 51.0 Å². The van der Waals surface area contributed by atoms with Crippen molar-refractivity contribution in [2.24, 2.45) is 11.8 Å². The molecule has 24 heavy (non-hydrogen) atoms. The topological polar surface area (TPSA) is 58.6 Å². The number of benzene rings is 1. The van der Waals surface area contributed by atoms with Crippen LogP contribution in [0, 0.1) is 11.8 Å². The summed E-state index contributed by atoms with van der Waals surface area (Å²) >= 11 is 0. The number of ether oxygens (including phenoxy) is 1. The van der Waals surface area contributed by atoms with Crippen molar-refractivity contribution in [3.8, 4) is 0 Å². The first-order valence-corrected chi connectivity index (χ1v) is 9.19. The van der Waals surface area contributed by atoms with Gasteiger partial charge in [0.1, 0.15) is 0 Å². The molecule has 1 aromatic rings. The Morgan fingerprint density at radius 3 is 2.54 bits per heavy atom.